The van der Waals surface area contributed by atoms with Crippen LogP contribution < -0.4 is 10.1 Å². The zero-order valence-electron chi connectivity index (χ0n) is 14.6. The molecule has 0 aromatic heterocycles. The van der Waals surface area contributed by atoms with Crippen molar-refractivity contribution in [3.8, 4) is 5.75 Å². The number of rotatable bonds is 7. The first kappa shape index (κ1) is 17.7. The third-order valence-electron chi connectivity index (χ3n) is 5.24. The van der Waals surface area contributed by atoms with Crippen LogP contribution in [0.15, 0.2) is 48.6 Å². The Bertz CT molecular complexity index is 629. The van der Waals surface area contributed by atoms with Crippen LogP contribution in [0.3, 0.4) is 0 Å². The molecule has 0 saturated carbocycles. The fourth-order valence-corrected chi connectivity index (χ4v) is 3.70. The van der Waals surface area contributed by atoms with Gasteiger partial charge in [0.05, 0.1) is 6.61 Å². The maximum Gasteiger partial charge on any atom is 0.318 e. The molecule has 2 unspecified atom stereocenters. The monoisotopic (exact) mass is 341 g/mol. The number of hydrogen-bond donors (Lipinski definition) is 2. The average Bonchev–Trinajstić information content (AvgIpc) is 2.67. The van der Waals surface area contributed by atoms with Crippen molar-refractivity contribution >= 4 is 5.97 Å². The number of nitrogens with one attached hydrogen (secondary N) is 1. The number of carboxylic acid groups (broad SMARTS) is 1. The zero-order valence-corrected chi connectivity index (χ0v) is 14.6. The van der Waals surface area contributed by atoms with Gasteiger partial charge in [-0.15, -0.1) is 0 Å². The predicted molar refractivity (Wildman–Crippen MR) is 99.0 cm³/mol. The van der Waals surface area contributed by atoms with Gasteiger partial charge in [0, 0.05) is 0 Å². The van der Waals surface area contributed by atoms with E-state index in [4.69, 9.17) is 4.74 Å². The average molecular weight is 341 g/mol. The third kappa shape index (κ3) is 4.31. The standard InChI is InChI=1S/C21H27NO3/c23-20(24)21(12-2-1-3-13-21)18-8-10-19(11-9-18)25-15-5-7-17-6-4-14-22-16-17/h1-3,8-12,17,22H,4-7,13-16H2,(H,23,24). The summed E-state index contributed by atoms with van der Waals surface area (Å²) < 4.78 is 5.83. The van der Waals surface area contributed by atoms with E-state index in [1.165, 1.54) is 19.3 Å². The summed E-state index contributed by atoms with van der Waals surface area (Å²) in [6.45, 7) is 3.00. The van der Waals surface area contributed by atoms with Crippen LogP contribution in [-0.2, 0) is 10.2 Å². The Labute approximate surface area is 149 Å². The van der Waals surface area contributed by atoms with E-state index in [-0.39, 0.29) is 0 Å². The Kier molecular flexibility index (Phi) is 5.92. The summed E-state index contributed by atoms with van der Waals surface area (Å²) in [6, 6.07) is 7.51. The fraction of sp³-hybridized carbons (Fsp3) is 0.476. The van der Waals surface area contributed by atoms with Gasteiger partial charge in [0.15, 0.2) is 0 Å². The maximum atomic E-state index is 11.8. The van der Waals surface area contributed by atoms with Gasteiger partial charge in [0.1, 0.15) is 11.2 Å². The maximum absolute atomic E-state index is 11.8. The van der Waals surface area contributed by atoms with Crippen molar-refractivity contribution in [2.24, 2.45) is 5.92 Å². The Morgan fingerprint density at radius 2 is 2.12 bits per heavy atom. The minimum Gasteiger partial charge on any atom is -0.494 e. The molecule has 1 aliphatic heterocycles. The third-order valence-corrected chi connectivity index (χ3v) is 5.24. The van der Waals surface area contributed by atoms with Crippen LogP contribution in [0.25, 0.3) is 0 Å². The van der Waals surface area contributed by atoms with Crippen LogP contribution in [-0.4, -0.2) is 30.8 Å². The quantitative estimate of drug-likeness (QED) is 0.743. The molecule has 2 atom stereocenters. The first-order chi connectivity index (χ1) is 12.2. The van der Waals surface area contributed by atoms with E-state index in [9.17, 15) is 9.90 Å². The molecule has 3 rings (SSSR count). The summed E-state index contributed by atoms with van der Waals surface area (Å²) >= 11 is 0. The van der Waals surface area contributed by atoms with E-state index >= 15 is 0 Å². The van der Waals surface area contributed by atoms with Crippen molar-refractivity contribution < 1.29 is 14.6 Å². The van der Waals surface area contributed by atoms with E-state index in [2.05, 4.69) is 5.32 Å². The lowest BCUT2D eigenvalue weighted by molar-refractivity contribution is -0.141. The number of benzene rings is 1. The largest absolute Gasteiger partial charge is 0.494 e. The van der Waals surface area contributed by atoms with E-state index in [1.54, 1.807) is 6.08 Å². The zero-order chi connectivity index (χ0) is 17.5. The minimum atomic E-state index is -0.957. The number of hydrogen-bond acceptors (Lipinski definition) is 3. The van der Waals surface area contributed by atoms with Gasteiger partial charge in [-0.05, 0) is 68.8 Å². The number of carbonyl (C=O) groups is 1. The molecule has 4 heteroatoms. The lowest BCUT2D eigenvalue weighted by atomic mass is 9.75. The van der Waals surface area contributed by atoms with Gasteiger partial charge in [-0.1, -0.05) is 36.4 Å². The number of allylic oxidation sites excluding steroid dienone is 3. The molecule has 1 aromatic carbocycles. The van der Waals surface area contributed by atoms with Crippen molar-refractivity contribution in [1.82, 2.24) is 5.32 Å². The van der Waals surface area contributed by atoms with Crippen molar-refractivity contribution in [2.75, 3.05) is 19.7 Å². The molecule has 0 spiro atoms. The summed E-state index contributed by atoms with van der Waals surface area (Å²) in [5.41, 5.74) is -0.164. The van der Waals surface area contributed by atoms with Gasteiger partial charge in [0.2, 0.25) is 0 Å². The van der Waals surface area contributed by atoms with Crippen molar-refractivity contribution in [1.29, 1.82) is 0 Å². The minimum absolute atomic E-state index is 0.481. The first-order valence-corrected chi connectivity index (χ1v) is 9.22. The fourth-order valence-electron chi connectivity index (χ4n) is 3.70. The highest BCUT2D eigenvalue weighted by molar-refractivity contribution is 5.85. The molecule has 1 saturated heterocycles. The number of carboxylic acids is 1. The Morgan fingerprint density at radius 1 is 1.28 bits per heavy atom. The Hall–Kier alpha value is -2.07. The topological polar surface area (TPSA) is 58.6 Å². The molecule has 25 heavy (non-hydrogen) atoms. The molecule has 1 heterocycles. The summed E-state index contributed by atoms with van der Waals surface area (Å²) in [7, 11) is 0. The van der Waals surface area contributed by atoms with Gasteiger partial charge in [-0.25, -0.2) is 0 Å². The molecule has 1 aromatic rings. The highest BCUT2D eigenvalue weighted by Crippen LogP contribution is 2.34. The lowest BCUT2D eigenvalue weighted by Gasteiger charge is -2.27. The molecule has 134 valence electrons. The van der Waals surface area contributed by atoms with E-state index in [1.807, 2.05) is 42.5 Å². The summed E-state index contributed by atoms with van der Waals surface area (Å²) in [4.78, 5) is 11.8. The second-order valence-corrected chi connectivity index (χ2v) is 7.00. The number of piperidine rings is 1. The number of ether oxygens (including phenoxy) is 1. The van der Waals surface area contributed by atoms with Crippen LogP contribution in [0.2, 0.25) is 0 Å². The molecule has 2 aliphatic rings. The van der Waals surface area contributed by atoms with Crippen LogP contribution >= 0.6 is 0 Å². The molecule has 1 fully saturated rings. The van der Waals surface area contributed by atoms with Gasteiger partial charge in [-0.3, -0.25) is 4.79 Å². The first-order valence-electron chi connectivity index (χ1n) is 9.22. The van der Waals surface area contributed by atoms with Crippen LogP contribution in [0.5, 0.6) is 5.75 Å². The molecule has 4 nitrogen and oxygen atoms in total. The highest BCUT2D eigenvalue weighted by atomic mass is 16.5. The van der Waals surface area contributed by atoms with Crippen molar-refractivity contribution in [2.45, 2.75) is 37.5 Å². The molecule has 0 radical (unpaired) electrons. The molecular formula is C21H27NO3. The SMILES string of the molecule is O=C(O)C1(c2ccc(OCCCC3CCCNC3)cc2)C=CC=CC1. The van der Waals surface area contributed by atoms with Gasteiger partial charge in [0.25, 0.3) is 0 Å². The highest BCUT2D eigenvalue weighted by Gasteiger charge is 2.37. The second kappa shape index (κ2) is 8.34. The Balaban J connectivity index is 1.52. The van der Waals surface area contributed by atoms with E-state index < -0.39 is 11.4 Å². The lowest BCUT2D eigenvalue weighted by Crippen LogP contribution is -2.34. The van der Waals surface area contributed by atoms with E-state index in [0.717, 1.165) is 36.7 Å². The van der Waals surface area contributed by atoms with Crippen LogP contribution in [0.1, 0.15) is 37.7 Å². The van der Waals surface area contributed by atoms with Gasteiger partial charge < -0.3 is 15.2 Å². The molecule has 0 amide bonds. The smallest absolute Gasteiger partial charge is 0.318 e. The molecule has 1 aliphatic carbocycles. The molecule has 2 N–H and O–H groups in total. The molecular weight excluding hydrogens is 314 g/mol. The van der Waals surface area contributed by atoms with Crippen molar-refractivity contribution in [3.05, 3.63) is 54.1 Å². The van der Waals surface area contributed by atoms with Crippen LogP contribution in [0.4, 0.5) is 0 Å². The van der Waals surface area contributed by atoms with E-state index in [0.29, 0.717) is 13.0 Å². The number of aliphatic carboxylic acids is 1. The molecule has 0 bridgehead atoms. The van der Waals surface area contributed by atoms with Crippen LogP contribution in [0, 0.1) is 5.92 Å². The summed E-state index contributed by atoms with van der Waals surface area (Å²) in [5, 5.41) is 13.1. The van der Waals surface area contributed by atoms with Gasteiger partial charge >= 0.3 is 5.97 Å². The summed E-state index contributed by atoms with van der Waals surface area (Å²) in [5.74, 6) is 0.769. The summed E-state index contributed by atoms with van der Waals surface area (Å²) in [6.07, 6.45) is 12.7. The van der Waals surface area contributed by atoms with Crippen molar-refractivity contribution in [3.63, 3.8) is 0 Å². The van der Waals surface area contributed by atoms with Gasteiger partial charge in [-0.2, -0.15) is 0 Å². The predicted octanol–water partition coefficient (Wildman–Crippen LogP) is 3.68. The Morgan fingerprint density at radius 3 is 2.76 bits per heavy atom. The second-order valence-electron chi connectivity index (χ2n) is 7.00. The normalized spacial score (nSPS) is 25.7.